The second-order valence-electron chi connectivity index (χ2n) is 42.3. The lowest BCUT2D eigenvalue weighted by Gasteiger charge is -2.38. The summed E-state index contributed by atoms with van der Waals surface area (Å²) in [7, 11) is 0. The van der Waals surface area contributed by atoms with Gasteiger partial charge in [0.05, 0.1) is 70.9 Å². The van der Waals surface area contributed by atoms with Gasteiger partial charge in [-0.2, -0.15) is 0 Å². The van der Waals surface area contributed by atoms with Crippen LogP contribution in [0.4, 0.5) is 0 Å². The van der Waals surface area contributed by atoms with Gasteiger partial charge in [-0.15, -0.1) is 11.8 Å². The highest BCUT2D eigenvalue weighted by Gasteiger charge is 2.53. The molecule has 0 bridgehead atoms. The Hall–Kier alpha value is -13.8. The van der Waals surface area contributed by atoms with E-state index in [9.17, 15) is 92.0 Å². The number of carboxylic acid groups (broad SMARTS) is 1. The second-order valence-corrected chi connectivity index (χ2v) is 44.1. The number of aryl methyl sites for hydroxylation is 1. The normalized spacial score (nSPS) is 17.9. The maximum absolute atomic E-state index is 15.3. The number of hydrogen-bond acceptors (Lipinski definition) is 27. The van der Waals surface area contributed by atoms with Crippen molar-refractivity contribution in [1.29, 1.82) is 10.8 Å². The summed E-state index contributed by atoms with van der Waals surface area (Å²) in [6, 6.07) is 13.8. The summed E-state index contributed by atoms with van der Waals surface area (Å²) in [6.45, 7) is 19.1. The number of ketones is 5. The number of cyclic esters (lactones) is 1. The van der Waals surface area contributed by atoms with Crippen molar-refractivity contribution in [3.05, 3.63) is 123 Å². The highest BCUT2D eigenvalue weighted by atomic mass is 32.2. The lowest BCUT2D eigenvalue weighted by atomic mass is 9.80. The molecule has 814 valence electrons. The monoisotopic (exact) mass is 2100 g/mol. The van der Waals surface area contributed by atoms with Crippen LogP contribution < -0.4 is 59.6 Å². The molecule has 0 saturated carbocycles. The molecular formula is C108H147N17O24S. The van der Waals surface area contributed by atoms with Crippen LogP contribution in [0.1, 0.15) is 258 Å². The topological polar surface area (TPSA) is 627 Å². The number of carbonyl (C=O) groups excluding carboxylic acids is 17. The molecule has 3 fully saturated rings. The lowest BCUT2D eigenvalue weighted by Crippen LogP contribution is -2.60. The van der Waals surface area contributed by atoms with Crippen molar-refractivity contribution in [3.8, 4) is 22.9 Å². The molecule has 5 aliphatic rings. The lowest BCUT2D eigenvalue weighted by molar-refractivity contribution is -0.189. The molecule has 0 spiro atoms. The number of guanidine groups is 2. The Morgan fingerprint density at radius 2 is 1.23 bits per heavy atom. The number of esters is 2. The molecule has 2 aromatic heterocycles. The fourth-order valence-electron chi connectivity index (χ4n) is 20.6. The number of fused-ring (bicyclic) bond motifs is 5. The van der Waals surface area contributed by atoms with Crippen molar-refractivity contribution < 1.29 is 111 Å². The van der Waals surface area contributed by atoms with Crippen molar-refractivity contribution in [2.24, 2.45) is 52.4 Å². The maximum atomic E-state index is 15.3. The van der Waals surface area contributed by atoms with E-state index in [-0.39, 0.29) is 207 Å². The number of phenols is 2. The van der Waals surface area contributed by atoms with E-state index in [1.165, 1.54) is 39.5 Å². The second kappa shape index (κ2) is 53.5. The molecule has 12 atom stereocenters. The molecule has 3 saturated heterocycles. The number of nitrogens with zero attached hydrogens (tertiary/aromatic N) is 5. The Morgan fingerprint density at radius 3 is 1.87 bits per heavy atom. The van der Waals surface area contributed by atoms with Gasteiger partial charge < -0.3 is 93.2 Å². The predicted octanol–water partition coefficient (Wildman–Crippen LogP) is 6.86. The van der Waals surface area contributed by atoms with Crippen LogP contribution in [0.5, 0.6) is 11.5 Å². The molecule has 10 rings (SSSR count). The summed E-state index contributed by atoms with van der Waals surface area (Å²) < 4.78 is 11.6. The molecule has 5 aliphatic heterocycles. The number of phenolic OH excluding ortho intramolecular Hbond substituents is 2. The quantitative estimate of drug-likeness (QED) is 0.00609. The van der Waals surface area contributed by atoms with Gasteiger partial charge in [-0.25, -0.2) is 9.78 Å². The number of carbonyl (C=O) groups is 18. The fourth-order valence-corrected chi connectivity index (χ4v) is 22.1. The van der Waals surface area contributed by atoms with Gasteiger partial charge in [0.25, 0.3) is 5.56 Å². The van der Waals surface area contributed by atoms with Crippen LogP contribution in [-0.4, -0.2) is 249 Å². The summed E-state index contributed by atoms with van der Waals surface area (Å²) in [5.74, 6) is -17.3. The number of hydrogen-bond donors (Lipinski definition) is 15. The number of aromatic nitrogens is 2. The van der Waals surface area contributed by atoms with Gasteiger partial charge in [0.1, 0.15) is 42.5 Å². The molecule has 0 radical (unpaired) electrons. The molecule has 0 aliphatic carbocycles. The smallest absolute Gasteiger partial charge is 0.355 e. The first kappa shape index (κ1) is 118. The van der Waals surface area contributed by atoms with E-state index in [2.05, 4.69) is 42.5 Å². The summed E-state index contributed by atoms with van der Waals surface area (Å²) in [6.07, 6.45) is 0.597. The average Bonchev–Trinajstić information content (AvgIpc) is 1.54. The highest BCUT2D eigenvalue weighted by Crippen LogP contribution is 2.45. The zero-order chi connectivity index (χ0) is 110. The van der Waals surface area contributed by atoms with E-state index in [1.807, 2.05) is 34.6 Å². The van der Waals surface area contributed by atoms with Crippen molar-refractivity contribution >= 4 is 140 Å². The largest absolute Gasteiger partial charge is 0.508 e. The molecule has 10 amide bonds. The number of imide groups is 1. The number of aliphatic carboxylic acids is 1. The van der Waals surface area contributed by atoms with Crippen LogP contribution in [0.15, 0.2) is 83.7 Å². The molecule has 3 aromatic carbocycles. The number of unbranched alkanes of at least 4 members (excludes halogenated alkanes) is 2. The van der Waals surface area contributed by atoms with Gasteiger partial charge in [-0.3, -0.25) is 102 Å². The van der Waals surface area contributed by atoms with Crippen LogP contribution in [0.3, 0.4) is 0 Å². The van der Waals surface area contributed by atoms with Crippen molar-refractivity contribution in [1.82, 2.24) is 66.8 Å². The third-order valence-electron chi connectivity index (χ3n) is 28.3. The Kier molecular flexibility index (Phi) is 42.1. The number of ether oxygens (including phenoxy) is 2. The first-order valence-corrected chi connectivity index (χ1v) is 52.8. The number of thioether (sulfide) groups is 1. The van der Waals surface area contributed by atoms with E-state index < -0.39 is 219 Å². The van der Waals surface area contributed by atoms with E-state index in [0.29, 0.717) is 60.1 Å². The van der Waals surface area contributed by atoms with Gasteiger partial charge in [-0.1, -0.05) is 111 Å². The summed E-state index contributed by atoms with van der Waals surface area (Å²) in [4.78, 5) is 277. The number of pyridine rings is 2. The van der Waals surface area contributed by atoms with Gasteiger partial charge in [0, 0.05) is 130 Å². The number of Topliss-reactive ketones (excluding diaryl/α,β-unsaturated/α-hetero) is 5. The van der Waals surface area contributed by atoms with Crippen LogP contribution in [-0.2, 0) is 134 Å². The van der Waals surface area contributed by atoms with Crippen LogP contribution in [0.2, 0.25) is 0 Å². The van der Waals surface area contributed by atoms with Gasteiger partial charge in [0.15, 0.2) is 35.1 Å². The van der Waals surface area contributed by atoms with Gasteiger partial charge in [0.2, 0.25) is 64.7 Å². The molecule has 5 aromatic rings. The first-order chi connectivity index (χ1) is 70.9. The Balaban J connectivity index is 0.707. The Labute approximate surface area is 876 Å². The zero-order valence-electron chi connectivity index (χ0n) is 87.8. The standard InChI is InChI=1S/C108H147N17O24S/c1-13-72-73-53-71(129)36-38-77(73)119-92-74(72)58-125-82(92)54-76-75(99(125)142)59-148-103(147)108(76,14-2)149-91(137)57-115-89(135)56-116-95(138)66(45-60(3)4)50-84(131)79(48-63-25-17-15-18-26-63)118-88(134)39-37-69(127)28-19-16-20-42-124-90(136)55-87(100(124)143)150-107(11,12)94(117-62(7)126)101(144)123-44-24-31-81(123)97(140)120-78(29-22-41-114-105(111)112)83(130)49-65(27-21-40-113-104(109)110)98(141)122-43-23-30-80(122)85(132)51-67(47-64-32-34-70(128)35-33-64)96(139)121-93(106(8,9)10)86(133)52-68(102(145)146)46-61(5)6/h15,17-18,25-26,32-36,38,53-54,60-61,65-68,78-81,87,93-94,128-129H,13-14,16,19-24,27-31,37,39-52,55-59H2,1-12H3,(H,115,135)(H,116,138)(H,117,126)(H,118,134)(H,120,140)(H,121,139)(H,145,146)(H4,109,110,113)(H4,111,112,114)/t65-,66-,67-,68-,78+,79+,80+,81+,87?,93-,94-,108+/m1/s1. The number of carboxylic acids is 1. The Morgan fingerprint density at radius 1 is 0.613 bits per heavy atom. The van der Waals surface area contributed by atoms with Crippen molar-refractivity contribution in [2.75, 3.05) is 45.8 Å². The Bertz CT molecular complexity index is 5940. The first-order valence-electron chi connectivity index (χ1n) is 51.9. The van der Waals surface area contributed by atoms with Gasteiger partial charge >= 0.3 is 17.9 Å². The summed E-state index contributed by atoms with van der Waals surface area (Å²) >= 11 is 0.991. The molecule has 7 heterocycles. The van der Waals surface area contributed by atoms with Crippen LogP contribution in [0.25, 0.3) is 22.3 Å². The molecule has 41 nitrogen and oxygen atoms in total. The summed E-state index contributed by atoms with van der Waals surface area (Å²) in [5.41, 5.74) is 12.3. The molecule has 42 heteroatoms. The van der Waals surface area contributed by atoms with Crippen molar-refractivity contribution in [3.63, 3.8) is 0 Å². The van der Waals surface area contributed by atoms with E-state index >= 15 is 14.4 Å². The number of rotatable bonds is 57. The molecule has 150 heavy (non-hydrogen) atoms. The number of nitrogens with one attached hydrogen (secondary N) is 10. The predicted molar refractivity (Wildman–Crippen MR) is 557 cm³/mol. The van der Waals surface area contributed by atoms with Crippen LogP contribution >= 0.6 is 11.8 Å². The van der Waals surface area contributed by atoms with Gasteiger partial charge in [-0.05, 0) is 187 Å². The molecule has 17 N–H and O–H groups in total. The summed E-state index contributed by atoms with van der Waals surface area (Å²) in [5, 5.41) is 67.5. The van der Waals surface area contributed by atoms with Crippen LogP contribution in [0, 0.1) is 51.7 Å². The maximum Gasteiger partial charge on any atom is 0.355 e. The highest BCUT2D eigenvalue weighted by molar-refractivity contribution is 8.02. The molecule has 1 unspecified atom stereocenters. The third kappa shape index (κ3) is 31.7. The minimum atomic E-state index is -2.10. The average molecular weight is 2100 g/mol. The van der Waals surface area contributed by atoms with E-state index in [4.69, 9.17) is 36.7 Å². The number of amides is 10. The SMILES string of the molecule is CCc1c2c(nc3ccc(O)cc13)-c1cc3c(c(=O)n1C2)COC(=O)[C@@]3(CC)OC(=O)CNC(=O)CNC(=O)[C@@H](CC(=O)[C@H](Cc1ccccc1)NC(=O)CCC(=O)CCCCCN1C(=O)CC(SC(C)(C)[C@H](NC(C)=O)C(=O)N2CCC[C@H]2C(=O)N[C@@H](CCCNC(=N)N)C(=O)C[C@@H](CCCNC(=N)N)C(=O)N2CCC[C@H]2C(=O)C[C@@H](Cc2ccc(O)cc2)C(=O)N[C@H](C(=O)C[C@@H](CC(C)C)C(=O)O)C(C)(C)C)C1=O)CC(C)C. The van der Waals surface area contributed by atoms with Crippen molar-refractivity contribution in [2.45, 2.75) is 309 Å². The third-order valence-corrected chi connectivity index (χ3v) is 29.8. The number of benzene rings is 3. The fraction of sp³-hybridized carbons (Fsp3) is 0.574. The molecular weight excluding hydrogens is 1950 g/mol. The number of likely N-dealkylation sites (tertiary alicyclic amines) is 3. The minimum Gasteiger partial charge on any atom is -0.508 e. The van der Waals surface area contributed by atoms with E-state index in [1.54, 1.807) is 102 Å². The number of nitrogens with two attached hydrogens (primary N) is 2. The minimum absolute atomic E-state index is 0.0136. The number of aromatic hydroxyl groups is 2. The zero-order valence-corrected chi connectivity index (χ0v) is 88.6. The van der Waals surface area contributed by atoms with E-state index in [0.717, 1.165) is 33.2 Å².